The topological polar surface area (TPSA) is 196 Å². The Morgan fingerprint density at radius 2 is 1.07 bits per heavy atom. The van der Waals surface area contributed by atoms with Gasteiger partial charge in [0, 0.05) is 6.42 Å². The van der Waals surface area contributed by atoms with Crippen LogP contribution in [0.25, 0.3) is 0 Å². The molecular formula is C28H52O12. The van der Waals surface area contributed by atoms with Crippen molar-refractivity contribution in [2.45, 2.75) is 158 Å². The lowest BCUT2D eigenvalue weighted by molar-refractivity contribution is -0.355. The molecule has 2 aliphatic heterocycles. The summed E-state index contributed by atoms with van der Waals surface area (Å²) in [6.07, 6.45) is -0.289. The molecule has 0 aromatic rings. The molecule has 0 radical (unpaired) electrons. The Labute approximate surface area is 237 Å². The third-order valence-electron chi connectivity index (χ3n) is 7.69. The van der Waals surface area contributed by atoms with Crippen LogP contribution < -0.4 is 0 Å². The van der Waals surface area contributed by atoms with Crippen LogP contribution in [0.1, 0.15) is 96.8 Å². The molecule has 0 bridgehead atoms. The SMILES string of the molecule is CCCCCCCCCCCCCCCC(=O)O[C@@H]1OC(CO)[C@@H](O[C@H]2O[C@H](CO)[C@@H](O)[C@H](O)[C@H]2O)C(O)[C@H]1O. The second kappa shape index (κ2) is 19.3. The maximum atomic E-state index is 12.3. The molecule has 0 aromatic heterocycles. The lowest BCUT2D eigenvalue weighted by Crippen LogP contribution is -2.64. The van der Waals surface area contributed by atoms with Crippen LogP contribution in [0.2, 0.25) is 0 Å². The zero-order valence-electron chi connectivity index (χ0n) is 23.8. The van der Waals surface area contributed by atoms with Gasteiger partial charge in [-0.05, 0) is 6.42 Å². The first kappa shape index (κ1) is 35.3. The Morgan fingerprint density at radius 3 is 1.60 bits per heavy atom. The van der Waals surface area contributed by atoms with Crippen LogP contribution >= 0.6 is 0 Å². The van der Waals surface area contributed by atoms with Gasteiger partial charge in [0.05, 0.1) is 13.2 Å². The van der Waals surface area contributed by atoms with E-state index in [1.807, 2.05) is 0 Å². The molecule has 12 nitrogen and oxygen atoms in total. The summed E-state index contributed by atoms with van der Waals surface area (Å²) in [6.45, 7) is 0.846. The van der Waals surface area contributed by atoms with Crippen molar-refractivity contribution in [3.05, 3.63) is 0 Å². The minimum Gasteiger partial charge on any atom is -0.433 e. The number of aliphatic hydroxyl groups excluding tert-OH is 7. The first-order valence-corrected chi connectivity index (χ1v) is 15.0. The van der Waals surface area contributed by atoms with E-state index in [-0.39, 0.29) is 6.42 Å². The van der Waals surface area contributed by atoms with E-state index in [2.05, 4.69) is 6.92 Å². The highest BCUT2D eigenvalue weighted by molar-refractivity contribution is 5.69. The van der Waals surface area contributed by atoms with Crippen molar-refractivity contribution in [2.24, 2.45) is 0 Å². The summed E-state index contributed by atoms with van der Waals surface area (Å²) in [5.74, 6) is -0.607. The van der Waals surface area contributed by atoms with Gasteiger partial charge >= 0.3 is 5.97 Å². The largest absolute Gasteiger partial charge is 0.433 e. The Hall–Kier alpha value is -0.930. The average molecular weight is 581 g/mol. The number of aliphatic hydroxyl groups is 7. The molecular weight excluding hydrogens is 528 g/mol. The highest BCUT2D eigenvalue weighted by Crippen LogP contribution is 2.29. The molecule has 2 rings (SSSR count). The van der Waals surface area contributed by atoms with Crippen LogP contribution in [0.15, 0.2) is 0 Å². The maximum Gasteiger partial charge on any atom is 0.308 e. The van der Waals surface area contributed by atoms with Crippen molar-refractivity contribution >= 4 is 5.97 Å². The van der Waals surface area contributed by atoms with Gasteiger partial charge in [-0.3, -0.25) is 4.79 Å². The van der Waals surface area contributed by atoms with Crippen LogP contribution in [0, 0.1) is 0 Å². The van der Waals surface area contributed by atoms with Crippen LogP contribution in [0.3, 0.4) is 0 Å². The van der Waals surface area contributed by atoms with Gasteiger partial charge in [0.25, 0.3) is 0 Å². The van der Waals surface area contributed by atoms with Crippen LogP contribution in [0.5, 0.6) is 0 Å². The summed E-state index contributed by atoms with van der Waals surface area (Å²) < 4.78 is 21.4. The predicted molar refractivity (Wildman–Crippen MR) is 143 cm³/mol. The number of esters is 1. The molecule has 7 N–H and O–H groups in total. The quantitative estimate of drug-likeness (QED) is 0.0833. The van der Waals surface area contributed by atoms with Gasteiger partial charge in [0.15, 0.2) is 6.29 Å². The standard InChI is InChI=1S/C28H52O12/c1-2-3-4-5-6-7-8-9-10-11-12-13-14-15-20(31)39-27-25(36)23(34)26(19(17-30)38-27)40-28-24(35)22(33)21(32)18(16-29)37-28/h18-19,21-30,32-36H,2-17H2,1H3/t18-,19?,21-,22+,23?,24-,25-,26-,27+,28-/m1/s1. The summed E-state index contributed by atoms with van der Waals surface area (Å²) in [5.41, 5.74) is 0. The average Bonchev–Trinajstić information content (AvgIpc) is 2.95. The van der Waals surface area contributed by atoms with E-state index in [4.69, 9.17) is 18.9 Å². The van der Waals surface area contributed by atoms with Gasteiger partial charge in [-0.25, -0.2) is 0 Å². The summed E-state index contributed by atoms with van der Waals surface area (Å²) >= 11 is 0. The van der Waals surface area contributed by atoms with Crippen molar-refractivity contribution < 1.29 is 59.5 Å². The van der Waals surface area contributed by atoms with E-state index in [1.165, 1.54) is 57.8 Å². The molecule has 2 heterocycles. The van der Waals surface area contributed by atoms with E-state index in [9.17, 15) is 40.5 Å². The first-order valence-electron chi connectivity index (χ1n) is 15.0. The fourth-order valence-corrected chi connectivity index (χ4v) is 5.13. The van der Waals surface area contributed by atoms with Gasteiger partial charge in [-0.1, -0.05) is 84.0 Å². The van der Waals surface area contributed by atoms with Crippen molar-refractivity contribution in [2.75, 3.05) is 13.2 Å². The smallest absolute Gasteiger partial charge is 0.308 e. The van der Waals surface area contributed by atoms with Crippen LogP contribution in [-0.2, 0) is 23.7 Å². The number of hydrogen-bond donors (Lipinski definition) is 7. The maximum absolute atomic E-state index is 12.3. The molecule has 236 valence electrons. The van der Waals surface area contributed by atoms with Gasteiger partial charge in [-0.15, -0.1) is 0 Å². The van der Waals surface area contributed by atoms with E-state index in [0.717, 1.165) is 19.3 Å². The second-order valence-electron chi connectivity index (χ2n) is 11.0. The fraction of sp³-hybridized carbons (Fsp3) is 0.964. The molecule has 0 spiro atoms. The number of unbranched alkanes of at least 4 members (excludes halogenated alkanes) is 12. The third kappa shape index (κ3) is 11.0. The summed E-state index contributed by atoms with van der Waals surface area (Å²) in [6, 6.07) is 0. The summed E-state index contributed by atoms with van der Waals surface area (Å²) in [7, 11) is 0. The molecule has 2 fully saturated rings. The minimum absolute atomic E-state index is 0.120. The van der Waals surface area contributed by atoms with Crippen LogP contribution in [0.4, 0.5) is 0 Å². The number of rotatable bonds is 19. The Morgan fingerprint density at radius 1 is 0.600 bits per heavy atom. The summed E-state index contributed by atoms with van der Waals surface area (Å²) in [4.78, 5) is 12.3. The predicted octanol–water partition coefficient (Wildman–Crippen LogP) is 0.635. The van der Waals surface area contributed by atoms with E-state index in [1.54, 1.807) is 0 Å². The normalized spacial score (nSPS) is 34.6. The first-order chi connectivity index (χ1) is 19.2. The van der Waals surface area contributed by atoms with E-state index in [0.29, 0.717) is 6.42 Å². The molecule has 0 amide bonds. The van der Waals surface area contributed by atoms with E-state index >= 15 is 0 Å². The molecule has 12 heteroatoms. The zero-order chi connectivity index (χ0) is 29.5. The van der Waals surface area contributed by atoms with Crippen molar-refractivity contribution in [3.8, 4) is 0 Å². The Kier molecular flexibility index (Phi) is 17.0. The van der Waals surface area contributed by atoms with Crippen LogP contribution in [-0.4, -0.2) is 116 Å². The highest BCUT2D eigenvalue weighted by atomic mass is 16.7. The lowest BCUT2D eigenvalue weighted by Gasteiger charge is -2.45. The minimum atomic E-state index is -1.75. The molecule has 0 aliphatic carbocycles. The molecule has 0 aromatic carbocycles. The molecule has 10 atom stereocenters. The van der Waals surface area contributed by atoms with Gasteiger partial charge in [0.1, 0.15) is 48.8 Å². The summed E-state index contributed by atoms with van der Waals surface area (Å²) in [5, 5.41) is 70.3. The number of ether oxygens (including phenoxy) is 4. The van der Waals surface area contributed by atoms with Gasteiger partial charge in [-0.2, -0.15) is 0 Å². The third-order valence-corrected chi connectivity index (χ3v) is 7.69. The Bertz CT molecular complexity index is 678. The second-order valence-corrected chi connectivity index (χ2v) is 11.0. The van der Waals surface area contributed by atoms with Gasteiger partial charge in [0.2, 0.25) is 6.29 Å². The van der Waals surface area contributed by atoms with Crippen molar-refractivity contribution in [1.82, 2.24) is 0 Å². The lowest BCUT2D eigenvalue weighted by atomic mass is 9.97. The van der Waals surface area contributed by atoms with E-state index < -0.39 is 80.6 Å². The number of hydrogen-bond acceptors (Lipinski definition) is 12. The highest BCUT2D eigenvalue weighted by Gasteiger charge is 2.51. The number of carbonyl (C=O) groups is 1. The number of carbonyl (C=O) groups excluding carboxylic acids is 1. The van der Waals surface area contributed by atoms with Gasteiger partial charge < -0.3 is 54.7 Å². The molecule has 2 unspecified atom stereocenters. The fourth-order valence-electron chi connectivity index (χ4n) is 5.13. The van der Waals surface area contributed by atoms with Crippen molar-refractivity contribution in [3.63, 3.8) is 0 Å². The molecule has 40 heavy (non-hydrogen) atoms. The molecule has 0 saturated carbocycles. The molecule has 2 saturated heterocycles. The Balaban J connectivity index is 1.67. The van der Waals surface area contributed by atoms with Crippen molar-refractivity contribution in [1.29, 1.82) is 0 Å². The monoisotopic (exact) mass is 580 g/mol. The molecule has 2 aliphatic rings. The zero-order valence-corrected chi connectivity index (χ0v) is 23.8.